The summed E-state index contributed by atoms with van der Waals surface area (Å²) in [7, 11) is 1.63. The number of rotatable bonds is 6. The van der Waals surface area contributed by atoms with E-state index in [-0.39, 0.29) is 11.5 Å². The zero-order valence-corrected chi connectivity index (χ0v) is 16.5. The number of methoxy groups -OCH3 is 1. The molecule has 0 saturated heterocycles. The molecule has 0 aliphatic rings. The fourth-order valence-corrected chi connectivity index (χ4v) is 3.45. The summed E-state index contributed by atoms with van der Waals surface area (Å²) in [4.78, 5) is 0. The second-order valence-corrected chi connectivity index (χ2v) is 6.73. The highest BCUT2D eigenvalue weighted by Crippen LogP contribution is 2.36. The number of thiol groups is 1. The molecule has 0 radical (unpaired) electrons. The van der Waals surface area contributed by atoms with Gasteiger partial charge in [0.1, 0.15) is 23.9 Å². The molecule has 1 heterocycles. The van der Waals surface area contributed by atoms with Crippen LogP contribution < -0.4 is 4.74 Å². The molecule has 29 heavy (non-hydrogen) atoms. The van der Waals surface area contributed by atoms with Crippen LogP contribution in [0.25, 0.3) is 27.8 Å². The summed E-state index contributed by atoms with van der Waals surface area (Å²) >= 11 is 4.47. The van der Waals surface area contributed by atoms with Crippen LogP contribution in [0.5, 0.6) is 17.2 Å². The van der Waals surface area contributed by atoms with Crippen molar-refractivity contribution in [3.63, 3.8) is 0 Å². The van der Waals surface area contributed by atoms with Gasteiger partial charge in [0, 0.05) is 23.9 Å². The number of ether oxygens (including phenoxy) is 2. The molecule has 8 heteroatoms. The molecule has 0 bridgehead atoms. The van der Waals surface area contributed by atoms with Crippen molar-refractivity contribution in [2.75, 3.05) is 20.3 Å². The molecule has 148 valence electrons. The van der Waals surface area contributed by atoms with Crippen LogP contribution in [0.1, 0.15) is 0 Å². The van der Waals surface area contributed by atoms with E-state index in [1.807, 2.05) is 36.4 Å². The first kappa shape index (κ1) is 19.1. The molecule has 1 aromatic heterocycles. The lowest BCUT2D eigenvalue weighted by molar-refractivity contribution is 0.147. The smallest absolute Gasteiger partial charge is 0.193 e. The van der Waals surface area contributed by atoms with Gasteiger partial charge in [0.05, 0.1) is 17.9 Å². The van der Waals surface area contributed by atoms with Gasteiger partial charge in [-0.05, 0) is 24.3 Å². The first-order chi connectivity index (χ1) is 14.1. The van der Waals surface area contributed by atoms with Crippen LogP contribution in [0.2, 0.25) is 0 Å². The molecule has 3 aromatic carbocycles. The van der Waals surface area contributed by atoms with E-state index in [1.165, 1.54) is 12.1 Å². The van der Waals surface area contributed by atoms with Crippen molar-refractivity contribution in [3.8, 4) is 34.3 Å². The highest BCUT2D eigenvalue weighted by Gasteiger charge is 2.19. The number of benzene rings is 3. The van der Waals surface area contributed by atoms with Gasteiger partial charge in [-0.15, -0.1) is 22.8 Å². The van der Waals surface area contributed by atoms with Crippen LogP contribution in [0.3, 0.4) is 0 Å². The maximum atomic E-state index is 10.3. The largest absolute Gasteiger partial charge is 0.508 e. The minimum Gasteiger partial charge on any atom is -0.508 e. The number of fused-ring (bicyclic) bond motifs is 1. The lowest BCUT2D eigenvalue weighted by Crippen LogP contribution is -2.05. The minimum absolute atomic E-state index is 0.0357. The number of aromatic nitrogens is 3. The van der Waals surface area contributed by atoms with E-state index >= 15 is 0 Å². The quantitative estimate of drug-likeness (QED) is 0.331. The van der Waals surface area contributed by atoms with Gasteiger partial charge in [-0.2, -0.15) is 0 Å². The Kier molecular flexibility index (Phi) is 5.28. The van der Waals surface area contributed by atoms with E-state index in [0.717, 1.165) is 22.2 Å². The van der Waals surface area contributed by atoms with Crippen LogP contribution in [0.15, 0.2) is 59.8 Å². The van der Waals surface area contributed by atoms with Crippen molar-refractivity contribution in [2.45, 2.75) is 5.16 Å². The summed E-state index contributed by atoms with van der Waals surface area (Å²) in [5.41, 5.74) is 1.22. The Morgan fingerprint density at radius 3 is 2.55 bits per heavy atom. The summed E-state index contributed by atoms with van der Waals surface area (Å²) in [6.45, 7) is 0.934. The molecule has 4 aromatic rings. The fraction of sp³-hybridized carbons (Fsp3) is 0.143. The Morgan fingerprint density at radius 2 is 1.76 bits per heavy atom. The molecule has 7 nitrogen and oxygen atoms in total. The van der Waals surface area contributed by atoms with Crippen molar-refractivity contribution >= 4 is 23.4 Å². The summed E-state index contributed by atoms with van der Waals surface area (Å²) < 4.78 is 12.7. The maximum Gasteiger partial charge on any atom is 0.193 e. The van der Waals surface area contributed by atoms with Crippen molar-refractivity contribution in [1.82, 2.24) is 14.8 Å². The Morgan fingerprint density at radius 1 is 0.966 bits per heavy atom. The molecule has 0 unspecified atom stereocenters. The predicted molar refractivity (Wildman–Crippen MR) is 112 cm³/mol. The van der Waals surface area contributed by atoms with Crippen LogP contribution in [-0.4, -0.2) is 45.3 Å². The normalized spacial score (nSPS) is 11.1. The molecular formula is C21H19N3O4S. The van der Waals surface area contributed by atoms with Crippen LogP contribution >= 0.6 is 12.6 Å². The maximum absolute atomic E-state index is 10.3. The van der Waals surface area contributed by atoms with E-state index in [2.05, 4.69) is 22.8 Å². The Balaban J connectivity index is 1.88. The zero-order chi connectivity index (χ0) is 20.4. The highest BCUT2D eigenvalue weighted by molar-refractivity contribution is 7.80. The van der Waals surface area contributed by atoms with E-state index < -0.39 is 0 Å². The Labute approximate surface area is 172 Å². The number of hydrogen-bond acceptors (Lipinski definition) is 7. The molecule has 0 amide bonds. The molecular weight excluding hydrogens is 390 g/mol. The standard InChI is InChI=1S/C21H19N3O4S/c1-27-10-11-28-19-7-3-4-14-15(19)5-2-6-17(14)24-20(22-23-21(24)29)16-9-8-13(25)12-18(16)26/h2-9,12,25-26H,10-11H2,1H3,(H,23,29). The van der Waals surface area contributed by atoms with Gasteiger partial charge in [0.25, 0.3) is 0 Å². The average Bonchev–Trinajstić information content (AvgIpc) is 3.09. The fourth-order valence-electron chi connectivity index (χ4n) is 3.20. The molecule has 0 aliphatic heterocycles. The van der Waals surface area contributed by atoms with Crippen molar-refractivity contribution < 1.29 is 19.7 Å². The van der Waals surface area contributed by atoms with E-state index in [1.54, 1.807) is 17.7 Å². The number of nitrogens with zero attached hydrogens (tertiary/aromatic N) is 3. The first-order valence-electron chi connectivity index (χ1n) is 8.90. The molecule has 0 aliphatic carbocycles. The number of hydrogen-bond donors (Lipinski definition) is 3. The molecule has 0 atom stereocenters. The third-order valence-corrected chi connectivity index (χ3v) is 4.80. The molecule has 4 rings (SSSR count). The molecule has 0 spiro atoms. The van der Waals surface area contributed by atoms with Gasteiger partial charge in [-0.3, -0.25) is 4.57 Å². The van der Waals surface area contributed by atoms with Gasteiger partial charge in [0.15, 0.2) is 11.0 Å². The van der Waals surface area contributed by atoms with E-state index in [0.29, 0.717) is 29.8 Å². The summed E-state index contributed by atoms with van der Waals surface area (Å²) in [5.74, 6) is 1.01. The average molecular weight is 409 g/mol. The van der Waals surface area contributed by atoms with Gasteiger partial charge in [-0.25, -0.2) is 0 Å². The van der Waals surface area contributed by atoms with Gasteiger partial charge in [-0.1, -0.05) is 24.3 Å². The van der Waals surface area contributed by atoms with Crippen LogP contribution in [0.4, 0.5) is 0 Å². The zero-order valence-electron chi connectivity index (χ0n) is 15.6. The summed E-state index contributed by atoms with van der Waals surface area (Å²) in [5, 5.41) is 30.4. The predicted octanol–water partition coefficient (Wildman–Crippen LogP) is 3.81. The van der Waals surface area contributed by atoms with Crippen molar-refractivity contribution in [3.05, 3.63) is 54.6 Å². The third-order valence-electron chi connectivity index (χ3n) is 4.51. The SMILES string of the molecule is COCCOc1cccc2c(-n3c(S)nnc3-c3ccc(O)cc3O)cccc12. The van der Waals surface area contributed by atoms with Crippen molar-refractivity contribution in [2.24, 2.45) is 0 Å². The second kappa shape index (κ2) is 8.02. The van der Waals surface area contributed by atoms with Gasteiger partial charge >= 0.3 is 0 Å². The lowest BCUT2D eigenvalue weighted by Gasteiger charge is -2.14. The number of phenols is 2. The second-order valence-electron chi connectivity index (χ2n) is 6.33. The first-order valence-corrected chi connectivity index (χ1v) is 9.35. The Hall–Kier alpha value is -3.23. The third kappa shape index (κ3) is 3.59. The van der Waals surface area contributed by atoms with E-state index in [4.69, 9.17) is 9.47 Å². The topological polar surface area (TPSA) is 89.6 Å². The summed E-state index contributed by atoms with van der Waals surface area (Å²) in [6.07, 6.45) is 0. The minimum atomic E-state index is -0.101. The van der Waals surface area contributed by atoms with Crippen LogP contribution in [0, 0.1) is 0 Å². The number of phenolic OH excluding ortho intramolecular Hbond substituents is 2. The van der Waals surface area contributed by atoms with E-state index in [9.17, 15) is 10.2 Å². The summed E-state index contributed by atoms with van der Waals surface area (Å²) in [6, 6.07) is 15.9. The Bertz CT molecular complexity index is 1180. The van der Waals surface area contributed by atoms with Crippen LogP contribution in [-0.2, 0) is 4.74 Å². The molecule has 0 fully saturated rings. The molecule has 0 saturated carbocycles. The number of aromatic hydroxyl groups is 2. The monoisotopic (exact) mass is 409 g/mol. The molecule has 2 N–H and O–H groups in total. The van der Waals surface area contributed by atoms with Gasteiger partial charge < -0.3 is 19.7 Å². The van der Waals surface area contributed by atoms with Crippen molar-refractivity contribution in [1.29, 1.82) is 0 Å². The highest BCUT2D eigenvalue weighted by atomic mass is 32.1. The van der Waals surface area contributed by atoms with Gasteiger partial charge in [0.2, 0.25) is 0 Å². The lowest BCUT2D eigenvalue weighted by atomic mass is 10.1.